The van der Waals surface area contributed by atoms with Crippen LogP contribution in [0.2, 0.25) is 0 Å². The molecule has 7 nitrogen and oxygen atoms in total. The summed E-state index contributed by atoms with van der Waals surface area (Å²) in [7, 11) is 0. The van der Waals surface area contributed by atoms with Gasteiger partial charge in [0.15, 0.2) is 23.5 Å². The third-order valence-corrected chi connectivity index (χ3v) is 4.54. The molecule has 0 spiro atoms. The minimum atomic E-state index is -3.03. The van der Waals surface area contributed by atoms with Crippen LogP contribution in [0.4, 0.5) is 33.7 Å². The Balaban J connectivity index is 1.95. The molecule has 0 aliphatic carbocycles. The molecule has 33 heavy (non-hydrogen) atoms. The Bertz CT molecular complexity index is 1070. The first-order valence-electron chi connectivity index (χ1n) is 9.98. The molecule has 0 fully saturated rings. The van der Waals surface area contributed by atoms with Crippen LogP contribution in [0.25, 0.3) is 0 Å². The van der Waals surface area contributed by atoms with Crippen molar-refractivity contribution in [1.82, 2.24) is 5.32 Å². The molecule has 1 aliphatic rings. The molecule has 2 aromatic rings. The Morgan fingerprint density at radius 2 is 1.94 bits per heavy atom. The third kappa shape index (κ3) is 5.65. The molecule has 0 saturated heterocycles. The number of alkyl halides is 2. The van der Waals surface area contributed by atoms with Gasteiger partial charge in [0.05, 0.1) is 12.2 Å². The minimum absolute atomic E-state index is 0.127. The standard InChI is InChI=1S/C22H23F4N3O4/c1-11-19(30)29(10-12-6-5-7-13(8-12)33-20(25)26)15-9-14(23)17(16(24)18(15)32-11)27-21(31)28-22(2,3)4/h5-9,11,20H,10H2,1-4H3,(H2,27,28,31)/t11-/m1/s1. The van der Waals surface area contributed by atoms with Gasteiger partial charge in [0.1, 0.15) is 11.4 Å². The van der Waals surface area contributed by atoms with Gasteiger partial charge in [0, 0.05) is 11.6 Å². The molecule has 3 amide bonds. The summed E-state index contributed by atoms with van der Waals surface area (Å²) in [5.74, 6) is -3.45. The Morgan fingerprint density at radius 3 is 2.58 bits per heavy atom. The lowest BCUT2D eigenvalue weighted by atomic mass is 10.1. The average molecular weight is 469 g/mol. The zero-order valence-corrected chi connectivity index (χ0v) is 18.3. The van der Waals surface area contributed by atoms with Gasteiger partial charge >= 0.3 is 12.6 Å². The van der Waals surface area contributed by atoms with Crippen molar-refractivity contribution < 1.29 is 36.6 Å². The number of nitrogens with one attached hydrogen (secondary N) is 2. The maximum Gasteiger partial charge on any atom is 0.387 e. The number of benzene rings is 2. The fraction of sp³-hybridized carbons (Fsp3) is 0.364. The second-order valence-corrected chi connectivity index (χ2v) is 8.44. The lowest BCUT2D eigenvalue weighted by molar-refractivity contribution is -0.125. The van der Waals surface area contributed by atoms with Gasteiger partial charge < -0.3 is 25.0 Å². The molecule has 1 heterocycles. The molecule has 11 heteroatoms. The Kier molecular flexibility index (Phi) is 6.71. The van der Waals surface area contributed by atoms with Gasteiger partial charge in [-0.05, 0) is 45.4 Å². The zero-order chi connectivity index (χ0) is 24.5. The summed E-state index contributed by atoms with van der Waals surface area (Å²) in [5, 5.41) is 4.65. The highest BCUT2D eigenvalue weighted by Gasteiger charge is 2.36. The van der Waals surface area contributed by atoms with Crippen molar-refractivity contribution in [2.24, 2.45) is 0 Å². The molecule has 0 unspecified atom stereocenters. The number of rotatable bonds is 5. The van der Waals surface area contributed by atoms with Gasteiger partial charge in [-0.2, -0.15) is 8.78 Å². The number of amides is 3. The van der Waals surface area contributed by atoms with Crippen molar-refractivity contribution in [2.75, 3.05) is 10.2 Å². The number of halogens is 4. The second kappa shape index (κ2) is 9.16. The second-order valence-electron chi connectivity index (χ2n) is 8.44. The van der Waals surface area contributed by atoms with Crippen LogP contribution in [0.5, 0.6) is 11.5 Å². The number of carbonyl (C=O) groups is 2. The molecule has 0 aromatic heterocycles. The van der Waals surface area contributed by atoms with E-state index >= 15 is 4.39 Å². The van der Waals surface area contributed by atoms with Gasteiger partial charge in [-0.15, -0.1) is 0 Å². The van der Waals surface area contributed by atoms with Crippen LogP contribution in [0, 0.1) is 11.6 Å². The molecular weight excluding hydrogens is 446 g/mol. The molecule has 1 atom stereocenters. The number of carbonyl (C=O) groups excluding carboxylic acids is 2. The summed E-state index contributed by atoms with van der Waals surface area (Å²) < 4.78 is 64.7. The maximum atomic E-state index is 15.2. The van der Waals surface area contributed by atoms with E-state index in [9.17, 15) is 22.8 Å². The molecule has 0 radical (unpaired) electrons. The highest BCUT2D eigenvalue weighted by Crippen LogP contribution is 2.42. The molecule has 1 aliphatic heterocycles. The number of urea groups is 1. The summed E-state index contributed by atoms with van der Waals surface area (Å²) in [4.78, 5) is 25.9. The van der Waals surface area contributed by atoms with E-state index in [4.69, 9.17) is 4.74 Å². The van der Waals surface area contributed by atoms with Crippen LogP contribution in [-0.4, -0.2) is 30.2 Å². The first-order chi connectivity index (χ1) is 15.4. The number of ether oxygens (including phenoxy) is 2. The van der Waals surface area contributed by atoms with E-state index in [-0.39, 0.29) is 18.0 Å². The van der Waals surface area contributed by atoms with Crippen LogP contribution in [0.1, 0.15) is 33.3 Å². The van der Waals surface area contributed by atoms with E-state index in [2.05, 4.69) is 15.4 Å². The van der Waals surface area contributed by atoms with E-state index < -0.39 is 53.3 Å². The van der Waals surface area contributed by atoms with E-state index in [1.165, 1.54) is 25.1 Å². The van der Waals surface area contributed by atoms with Gasteiger partial charge in [0.2, 0.25) is 0 Å². The molecule has 0 bridgehead atoms. The first-order valence-corrected chi connectivity index (χ1v) is 9.98. The van der Waals surface area contributed by atoms with Crippen molar-refractivity contribution >= 4 is 23.3 Å². The lowest BCUT2D eigenvalue weighted by Crippen LogP contribution is -2.45. The average Bonchev–Trinajstić information content (AvgIpc) is 2.68. The fourth-order valence-corrected chi connectivity index (χ4v) is 3.23. The Hall–Kier alpha value is -3.50. The number of anilines is 2. The van der Waals surface area contributed by atoms with Gasteiger partial charge in [-0.1, -0.05) is 12.1 Å². The van der Waals surface area contributed by atoms with Crippen LogP contribution >= 0.6 is 0 Å². The van der Waals surface area contributed by atoms with E-state index in [1.807, 2.05) is 0 Å². The largest absolute Gasteiger partial charge is 0.476 e. The van der Waals surface area contributed by atoms with Crippen LogP contribution in [-0.2, 0) is 11.3 Å². The molecule has 178 valence electrons. The third-order valence-electron chi connectivity index (χ3n) is 4.54. The summed E-state index contributed by atoms with van der Waals surface area (Å²) in [6.07, 6.45) is -1.12. The normalized spacial score (nSPS) is 15.7. The van der Waals surface area contributed by atoms with Crippen molar-refractivity contribution in [3.05, 3.63) is 47.5 Å². The monoisotopic (exact) mass is 469 g/mol. The number of hydrogen-bond acceptors (Lipinski definition) is 4. The molecule has 0 saturated carbocycles. The summed E-state index contributed by atoms with van der Waals surface area (Å²) in [5.41, 5.74) is -1.20. The predicted octanol–water partition coefficient (Wildman–Crippen LogP) is 4.80. The van der Waals surface area contributed by atoms with Gasteiger partial charge in [-0.3, -0.25) is 4.79 Å². The predicted molar refractivity (Wildman–Crippen MR) is 113 cm³/mol. The maximum absolute atomic E-state index is 15.2. The topological polar surface area (TPSA) is 79.9 Å². The quantitative estimate of drug-likeness (QED) is 0.617. The van der Waals surface area contributed by atoms with E-state index in [0.717, 1.165) is 11.0 Å². The zero-order valence-electron chi connectivity index (χ0n) is 18.3. The van der Waals surface area contributed by atoms with Crippen LogP contribution < -0.4 is 25.0 Å². The fourth-order valence-electron chi connectivity index (χ4n) is 3.23. The summed E-state index contributed by atoms with van der Waals surface area (Å²) >= 11 is 0. The van der Waals surface area contributed by atoms with Gasteiger partial charge in [-0.25, -0.2) is 13.6 Å². The smallest absolute Gasteiger partial charge is 0.387 e. The minimum Gasteiger partial charge on any atom is -0.476 e. The number of nitrogens with zero attached hydrogens (tertiary/aromatic N) is 1. The van der Waals surface area contributed by atoms with Crippen LogP contribution in [0.3, 0.4) is 0 Å². The lowest BCUT2D eigenvalue weighted by Gasteiger charge is -2.34. The highest BCUT2D eigenvalue weighted by atomic mass is 19.3. The van der Waals surface area contributed by atoms with Crippen molar-refractivity contribution in [3.63, 3.8) is 0 Å². The Morgan fingerprint density at radius 1 is 1.24 bits per heavy atom. The summed E-state index contributed by atoms with van der Waals surface area (Å²) in [6, 6.07) is 5.64. The highest BCUT2D eigenvalue weighted by molar-refractivity contribution is 6.00. The number of hydrogen-bond donors (Lipinski definition) is 2. The van der Waals surface area contributed by atoms with Gasteiger partial charge in [0.25, 0.3) is 5.91 Å². The molecular formula is C22H23F4N3O4. The van der Waals surface area contributed by atoms with Crippen molar-refractivity contribution in [2.45, 2.75) is 52.5 Å². The number of fused-ring (bicyclic) bond motifs is 1. The molecule has 3 rings (SSSR count). The van der Waals surface area contributed by atoms with E-state index in [1.54, 1.807) is 26.8 Å². The SMILES string of the molecule is C[C@H]1Oc2c(cc(F)c(NC(=O)NC(C)(C)C)c2F)N(Cc2cccc(OC(F)F)c2)C1=O. The molecule has 2 N–H and O–H groups in total. The van der Waals surface area contributed by atoms with E-state index in [0.29, 0.717) is 5.56 Å². The summed E-state index contributed by atoms with van der Waals surface area (Å²) in [6.45, 7) is 3.26. The molecule has 2 aromatic carbocycles. The first kappa shape index (κ1) is 24.1. The Labute approximate surface area is 187 Å². The van der Waals surface area contributed by atoms with Crippen LogP contribution in [0.15, 0.2) is 30.3 Å². The van der Waals surface area contributed by atoms with Crippen molar-refractivity contribution in [3.8, 4) is 11.5 Å². The van der Waals surface area contributed by atoms with Crippen molar-refractivity contribution in [1.29, 1.82) is 0 Å².